The molecule has 0 radical (unpaired) electrons. The molecule has 1 aromatic carbocycles. The van der Waals surface area contributed by atoms with Gasteiger partial charge in [0.25, 0.3) is 0 Å². The molecule has 3 atom stereocenters. The molecule has 0 unspecified atom stereocenters. The number of carbonyl (C=O) groups excluding carboxylic acids is 3. The SMILES string of the molecule is CCOC(=O)C1=C(C)NC2=C(C(=O)[C@H](C(=O)OCC)[C@@H](c3ccccc3)C2)[C@H]1c1cccs1. The molecule has 2 aliphatic rings. The van der Waals surface area contributed by atoms with E-state index in [0.717, 1.165) is 16.1 Å². The van der Waals surface area contributed by atoms with E-state index in [1.807, 2.05) is 54.8 Å². The zero-order valence-corrected chi connectivity index (χ0v) is 19.7. The number of dihydropyridines is 1. The molecule has 0 saturated carbocycles. The maximum absolute atomic E-state index is 14.0. The Bertz CT molecular complexity index is 1120. The smallest absolute Gasteiger partial charge is 0.336 e. The van der Waals surface area contributed by atoms with Gasteiger partial charge in [-0.25, -0.2) is 4.79 Å². The molecule has 1 aromatic heterocycles. The summed E-state index contributed by atoms with van der Waals surface area (Å²) in [6.45, 7) is 5.73. The predicted octanol–water partition coefficient (Wildman–Crippen LogP) is 4.46. The van der Waals surface area contributed by atoms with Gasteiger partial charge in [-0.2, -0.15) is 0 Å². The molecule has 7 heteroatoms. The van der Waals surface area contributed by atoms with Crippen molar-refractivity contribution in [2.75, 3.05) is 13.2 Å². The van der Waals surface area contributed by atoms with Crippen LogP contribution >= 0.6 is 11.3 Å². The molecule has 1 aliphatic carbocycles. The van der Waals surface area contributed by atoms with E-state index in [1.165, 1.54) is 11.3 Å². The van der Waals surface area contributed by atoms with Crippen LogP contribution in [0.4, 0.5) is 0 Å². The number of allylic oxidation sites excluding steroid dienone is 3. The number of nitrogens with one attached hydrogen (secondary N) is 1. The van der Waals surface area contributed by atoms with E-state index in [4.69, 9.17) is 9.47 Å². The van der Waals surface area contributed by atoms with Crippen molar-refractivity contribution in [2.45, 2.75) is 39.0 Å². The van der Waals surface area contributed by atoms with Gasteiger partial charge < -0.3 is 14.8 Å². The second-order valence-electron chi connectivity index (χ2n) is 8.04. The van der Waals surface area contributed by atoms with Gasteiger partial charge in [0.05, 0.1) is 24.7 Å². The van der Waals surface area contributed by atoms with Crippen molar-refractivity contribution < 1.29 is 23.9 Å². The lowest BCUT2D eigenvalue weighted by atomic mass is 9.68. The van der Waals surface area contributed by atoms with Crippen LogP contribution in [-0.4, -0.2) is 30.9 Å². The highest BCUT2D eigenvalue weighted by Crippen LogP contribution is 2.48. The third kappa shape index (κ3) is 4.25. The van der Waals surface area contributed by atoms with E-state index >= 15 is 0 Å². The first-order valence-corrected chi connectivity index (χ1v) is 12.0. The number of benzene rings is 1. The van der Waals surface area contributed by atoms with E-state index in [1.54, 1.807) is 13.8 Å². The summed E-state index contributed by atoms with van der Waals surface area (Å²) in [4.78, 5) is 40.9. The van der Waals surface area contributed by atoms with E-state index in [0.29, 0.717) is 23.3 Å². The lowest BCUT2D eigenvalue weighted by Gasteiger charge is -2.39. The molecule has 0 saturated heterocycles. The number of Topliss-reactive ketones (excluding diaryl/α,β-unsaturated/α-hetero) is 1. The monoisotopic (exact) mass is 465 g/mol. The summed E-state index contributed by atoms with van der Waals surface area (Å²) in [6.07, 6.45) is 0.462. The molecule has 0 bridgehead atoms. The second kappa shape index (κ2) is 9.75. The normalized spacial score (nSPS) is 22.5. The van der Waals surface area contributed by atoms with Gasteiger partial charge in [-0.15, -0.1) is 11.3 Å². The van der Waals surface area contributed by atoms with Crippen LogP contribution in [0, 0.1) is 5.92 Å². The van der Waals surface area contributed by atoms with E-state index < -0.39 is 23.8 Å². The summed E-state index contributed by atoms with van der Waals surface area (Å²) in [5, 5.41) is 5.23. The molecule has 0 amide bonds. The molecule has 1 aliphatic heterocycles. The summed E-state index contributed by atoms with van der Waals surface area (Å²) in [6, 6.07) is 13.4. The molecule has 0 spiro atoms. The molecule has 0 fully saturated rings. The van der Waals surface area contributed by atoms with Crippen LogP contribution in [0.3, 0.4) is 0 Å². The van der Waals surface area contributed by atoms with Crippen molar-refractivity contribution in [1.82, 2.24) is 5.32 Å². The molecular formula is C26H27NO5S. The van der Waals surface area contributed by atoms with Crippen LogP contribution in [-0.2, 0) is 23.9 Å². The van der Waals surface area contributed by atoms with Crippen LogP contribution in [0.2, 0.25) is 0 Å². The van der Waals surface area contributed by atoms with Crippen LogP contribution in [0.15, 0.2) is 70.4 Å². The predicted molar refractivity (Wildman–Crippen MR) is 125 cm³/mol. The lowest BCUT2D eigenvalue weighted by molar-refractivity contribution is -0.152. The van der Waals surface area contributed by atoms with Crippen molar-refractivity contribution >= 4 is 29.1 Å². The summed E-state index contributed by atoms with van der Waals surface area (Å²) in [5.41, 5.74) is 3.18. The van der Waals surface area contributed by atoms with E-state index in [2.05, 4.69) is 5.32 Å². The molecule has 2 heterocycles. The fourth-order valence-corrected chi connectivity index (χ4v) is 5.61. The molecule has 172 valence electrons. The first-order valence-electron chi connectivity index (χ1n) is 11.1. The maximum Gasteiger partial charge on any atom is 0.336 e. The molecule has 2 aromatic rings. The lowest BCUT2D eigenvalue weighted by Crippen LogP contribution is -2.43. The van der Waals surface area contributed by atoms with Crippen molar-refractivity contribution in [1.29, 1.82) is 0 Å². The average Bonchev–Trinajstić information content (AvgIpc) is 3.33. The number of ether oxygens (including phenoxy) is 2. The Hall–Kier alpha value is -3.19. The van der Waals surface area contributed by atoms with Gasteiger partial charge in [0.15, 0.2) is 5.78 Å². The highest BCUT2D eigenvalue weighted by atomic mass is 32.1. The van der Waals surface area contributed by atoms with Crippen LogP contribution in [0.25, 0.3) is 0 Å². The number of carbonyl (C=O) groups is 3. The Balaban J connectivity index is 1.86. The van der Waals surface area contributed by atoms with Crippen LogP contribution in [0.5, 0.6) is 0 Å². The largest absolute Gasteiger partial charge is 0.465 e. The molecule has 6 nitrogen and oxygen atoms in total. The number of rotatable bonds is 6. The number of ketones is 1. The minimum absolute atomic E-state index is 0.190. The minimum Gasteiger partial charge on any atom is -0.465 e. The minimum atomic E-state index is -0.975. The second-order valence-corrected chi connectivity index (χ2v) is 9.02. The van der Waals surface area contributed by atoms with Gasteiger partial charge in [-0.1, -0.05) is 36.4 Å². The first-order chi connectivity index (χ1) is 16.0. The number of hydrogen-bond acceptors (Lipinski definition) is 7. The molecule has 33 heavy (non-hydrogen) atoms. The molecule has 4 rings (SSSR count). The maximum atomic E-state index is 14.0. The standard InChI is InChI=1S/C26H27NO5S/c1-4-31-25(29)20-15(3)27-18-14-17(16-10-7-6-8-11-16)21(26(30)32-5-2)24(28)22(18)23(20)19-12-9-13-33-19/h6-13,17,21,23,27H,4-5,14H2,1-3H3/t17-,21-,23+/m1/s1. The van der Waals surface area contributed by atoms with Crippen molar-refractivity contribution in [3.63, 3.8) is 0 Å². The van der Waals surface area contributed by atoms with Crippen LogP contribution < -0.4 is 5.32 Å². The van der Waals surface area contributed by atoms with Gasteiger partial charge in [-0.3, -0.25) is 9.59 Å². The van der Waals surface area contributed by atoms with Gasteiger partial charge in [0.1, 0.15) is 5.92 Å². The fourth-order valence-electron chi connectivity index (χ4n) is 4.77. The topological polar surface area (TPSA) is 81.7 Å². The number of thiophene rings is 1. The Labute approximate surface area is 197 Å². The van der Waals surface area contributed by atoms with Gasteiger partial charge in [0.2, 0.25) is 0 Å². The Morgan fingerprint density at radius 1 is 1.06 bits per heavy atom. The highest BCUT2D eigenvalue weighted by molar-refractivity contribution is 7.10. The Morgan fingerprint density at radius 2 is 1.79 bits per heavy atom. The third-order valence-corrected chi connectivity index (χ3v) is 7.05. The van der Waals surface area contributed by atoms with Crippen molar-refractivity contribution in [3.8, 4) is 0 Å². The molecule has 1 N–H and O–H groups in total. The third-order valence-electron chi connectivity index (χ3n) is 6.11. The average molecular weight is 466 g/mol. The zero-order valence-electron chi connectivity index (χ0n) is 18.9. The van der Waals surface area contributed by atoms with E-state index in [9.17, 15) is 14.4 Å². The number of hydrogen-bond donors (Lipinski definition) is 1. The summed E-state index contributed by atoms with van der Waals surface area (Å²) < 4.78 is 10.7. The van der Waals surface area contributed by atoms with Crippen molar-refractivity contribution in [2.24, 2.45) is 5.92 Å². The zero-order chi connectivity index (χ0) is 23.5. The van der Waals surface area contributed by atoms with E-state index in [-0.39, 0.29) is 24.9 Å². The van der Waals surface area contributed by atoms with Gasteiger partial charge >= 0.3 is 11.9 Å². The fraction of sp³-hybridized carbons (Fsp3) is 0.346. The first kappa shape index (κ1) is 23.0. The summed E-state index contributed by atoms with van der Waals surface area (Å²) >= 11 is 1.47. The van der Waals surface area contributed by atoms with Crippen LogP contribution in [0.1, 0.15) is 49.5 Å². The quantitative estimate of drug-likeness (QED) is 0.501. The highest BCUT2D eigenvalue weighted by Gasteiger charge is 2.49. The Kier molecular flexibility index (Phi) is 6.79. The number of esters is 2. The van der Waals surface area contributed by atoms with Gasteiger partial charge in [-0.05, 0) is 44.2 Å². The summed E-state index contributed by atoms with van der Waals surface area (Å²) in [7, 11) is 0. The molecular weight excluding hydrogens is 438 g/mol. The van der Waals surface area contributed by atoms with Gasteiger partial charge in [0, 0.05) is 27.8 Å². The summed E-state index contributed by atoms with van der Waals surface area (Å²) in [5.74, 6) is -3.21. The Morgan fingerprint density at radius 3 is 2.42 bits per heavy atom. The van der Waals surface area contributed by atoms with Crippen molar-refractivity contribution in [3.05, 3.63) is 80.8 Å².